The summed E-state index contributed by atoms with van der Waals surface area (Å²) in [4.78, 5) is 0. The Morgan fingerprint density at radius 3 is 2.58 bits per heavy atom. The van der Waals surface area contributed by atoms with E-state index >= 15 is 0 Å². The monoisotopic (exact) mass is 266 g/mol. The highest BCUT2D eigenvalue weighted by molar-refractivity contribution is 5.40. The Morgan fingerprint density at radius 2 is 1.89 bits per heavy atom. The average Bonchev–Trinajstić information content (AvgIpc) is 3.31. The number of rotatable bonds is 8. The van der Waals surface area contributed by atoms with Gasteiger partial charge in [-0.3, -0.25) is 0 Å². The molecule has 2 atom stereocenters. The Hall–Kier alpha value is -1.30. The largest absolute Gasteiger partial charge is 0.496 e. The van der Waals surface area contributed by atoms with Crippen LogP contribution >= 0.6 is 0 Å². The molecule has 2 fully saturated rings. The van der Waals surface area contributed by atoms with E-state index < -0.39 is 0 Å². The van der Waals surface area contributed by atoms with Crippen LogP contribution in [-0.4, -0.2) is 45.7 Å². The van der Waals surface area contributed by atoms with Crippen molar-refractivity contribution in [2.75, 3.05) is 33.5 Å². The molecular weight excluding hydrogens is 248 g/mol. The molecule has 0 bridgehead atoms. The zero-order valence-electron chi connectivity index (χ0n) is 11.0. The number of hydrogen-bond donors (Lipinski definition) is 0. The van der Waals surface area contributed by atoms with Crippen LogP contribution in [0.3, 0.4) is 0 Å². The van der Waals surface area contributed by atoms with Crippen molar-refractivity contribution in [3.05, 3.63) is 23.8 Å². The fourth-order valence-electron chi connectivity index (χ4n) is 1.75. The molecule has 0 aliphatic carbocycles. The maximum Gasteiger partial charge on any atom is 0.128 e. The van der Waals surface area contributed by atoms with E-state index in [0.29, 0.717) is 19.8 Å². The molecule has 0 spiro atoms. The number of hydrogen-bond acceptors (Lipinski definition) is 5. The van der Waals surface area contributed by atoms with E-state index in [4.69, 9.17) is 23.7 Å². The fourth-order valence-corrected chi connectivity index (χ4v) is 1.75. The number of methoxy groups -OCH3 is 1. The van der Waals surface area contributed by atoms with Gasteiger partial charge in [-0.05, 0) is 12.1 Å². The lowest BCUT2D eigenvalue weighted by Crippen LogP contribution is -2.05. The lowest BCUT2D eigenvalue weighted by atomic mass is 10.2. The quantitative estimate of drug-likeness (QED) is 0.665. The molecule has 0 amide bonds. The van der Waals surface area contributed by atoms with Gasteiger partial charge in [-0.25, -0.2) is 0 Å². The highest BCUT2D eigenvalue weighted by atomic mass is 16.6. The van der Waals surface area contributed by atoms with Crippen LogP contribution in [0.25, 0.3) is 0 Å². The van der Waals surface area contributed by atoms with Gasteiger partial charge in [-0.1, -0.05) is 0 Å². The molecule has 2 saturated heterocycles. The minimum Gasteiger partial charge on any atom is -0.496 e. The summed E-state index contributed by atoms with van der Waals surface area (Å²) >= 11 is 0. The molecule has 1 aromatic carbocycles. The van der Waals surface area contributed by atoms with Gasteiger partial charge in [0.2, 0.25) is 0 Å². The summed E-state index contributed by atoms with van der Waals surface area (Å²) in [5.74, 6) is 1.58. The Kier molecular flexibility index (Phi) is 3.87. The van der Waals surface area contributed by atoms with E-state index in [2.05, 4.69) is 0 Å². The van der Waals surface area contributed by atoms with E-state index in [-0.39, 0.29) is 12.2 Å². The lowest BCUT2D eigenvalue weighted by molar-refractivity contribution is 0.102. The van der Waals surface area contributed by atoms with E-state index in [0.717, 1.165) is 30.3 Å². The molecule has 2 heterocycles. The van der Waals surface area contributed by atoms with Crippen molar-refractivity contribution in [3.8, 4) is 11.5 Å². The first-order valence-corrected chi connectivity index (χ1v) is 6.46. The highest BCUT2D eigenvalue weighted by Crippen LogP contribution is 2.26. The van der Waals surface area contributed by atoms with Gasteiger partial charge < -0.3 is 23.7 Å². The second-order valence-electron chi connectivity index (χ2n) is 4.71. The molecule has 0 aromatic heterocycles. The van der Waals surface area contributed by atoms with Gasteiger partial charge in [0, 0.05) is 11.6 Å². The van der Waals surface area contributed by atoms with Crippen LogP contribution < -0.4 is 9.47 Å². The minimum atomic E-state index is 0.257. The van der Waals surface area contributed by atoms with Gasteiger partial charge in [0.25, 0.3) is 0 Å². The van der Waals surface area contributed by atoms with E-state index in [9.17, 15) is 0 Å². The molecular formula is C14H18O5. The molecule has 0 saturated carbocycles. The molecule has 104 valence electrons. The normalized spacial score (nSPS) is 24.1. The van der Waals surface area contributed by atoms with Crippen molar-refractivity contribution in [1.29, 1.82) is 0 Å². The van der Waals surface area contributed by atoms with Crippen LogP contribution in [0, 0.1) is 0 Å². The highest BCUT2D eigenvalue weighted by Gasteiger charge is 2.23. The third-order valence-electron chi connectivity index (χ3n) is 3.06. The molecule has 1 aromatic rings. The van der Waals surface area contributed by atoms with Crippen molar-refractivity contribution < 1.29 is 23.7 Å². The topological polar surface area (TPSA) is 52.8 Å². The number of benzene rings is 1. The van der Waals surface area contributed by atoms with Crippen LogP contribution in [0.4, 0.5) is 0 Å². The first kappa shape index (κ1) is 12.7. The maximum atomic E-state index is 5.61. The summed E-state index contributed by atoms with van der Waals surface area (Å²) < 4.78 is 26.7. The van der Waals surface area contributed by atoms with Gasteiger partial charge in [0.05, 0.1) is 33.5 Å². The van der Waals surface area contributed by atoms with Crippen LogP contribution in [0.2, 0.25) is 0 Å². The molecule has 0 radical (unpaired) electrons. The third kappa shape index (κ3) is 3.83. The first-order chi connectivity index (χ1) is 9.35. The van der Waals surface area contributed by atoms with E-state index in [1.54, 1.807) is 7.11 Å². The first-order valence-electron chi connectivity index (χ1n) is 6.46. The molecule has 2 aliphatic rings. The Balaban J connectivity index is 1.54. The van der Waals surface area contributed by atoms with Gasteiger partial charge in [0.15, 0.2) is 0 Å². The molecule has 5 nitrogen and oxygen atoms in total. The van der Waals surface area contributed by atoms with Crippen LogP contribution in [-0.2, 0) is 20.8 Å². The Bertz CT molecular complexity index is 426. The number of epoxide rings is 2. The van der Waals surface area contributed by atoms with Crippen molar-refractivity contribution in [2.24, 2.45) is 0 Å². The summed E-state index contributed by atoms with van der Waals surface area (Å²) in [6.45, 7) is 3.37. The molecule has 19 heavy (non-hydrogen) atoms. The average molecular weight is 266 g/mol. The van der Waals surface area contributed by atoms with Crippen molar-refractivity contribution in [3.63, 3.8) is 0 Å². The second kappa shape index (κ2) is 5.77. The van der Waals surface area contributed by atoms with Gasteiger partial charge >= 0.3 is 0 Å². The van der Waals surface area contributed by atoms with E-state index in [1.807, 2.05) is 18.2 Å². The molecule has 5 heteroatoms. The van der Waals surface area contributed by atoms with Gasteiger partial charge in [0.1, 0.15) is 30.3 Å². The molecule has 2 aliphatic heterocycles. The smallest absolute Gasteiger partial charge is 0.128 e. The second-order valence-corrected chi connectivity index (χ2v) is 4.71. The Labute approximate surface area is 112 Å². The van der Waals surface area contributed by atoms with E-state index in [1.165, 1.54) is 0 Å². The van der Waals surface area contributed by atoms with Crippen LogP contribution in [0.5, 0.6) is 11.5 Å². The fraction of sp³-hybridized carbons (Fsp3) is 0.571. The maximum absolute atomic E-state index is 5.61. The van der Waals surface area contributed by atoms with Crippen LogP contribution in [0.1, 0.15) is 5.56 Å². The zero-order valence-corrected chi connectivity index (χ0v) is 11.0. The standard InChI is InChI=1S/C14H18O5/c1-15-14-4-11(17-8-13-9-19-13)3-2-10(14)5-16-6-12-7-18-12/h2-4,12-13H,5-9H2,1H3. The van der Waals surface area contributed by atoms with Gasteiger partial charge in [-0.2, -0.15) is 0 Å². The summed E-state index contributed by atoms with van der Waals surface area (Å²) in [6.07, 6.45) is 0.541. The predicted molar refractivity (Wildman–Crippen MR) is 67.6 cm³/mol. The van der Waals surface area contributed by atoms with Crippen LogP contribution in [0.15, 0.2) is 18.2 Å². The summed E-state index contributed by atoms with van der Waals surface area (Å²) in [5, 5.41) is 0. The lowest BCUT2D eigenvalue weighted by Gasteiger charge is -2.11. The molecule has 0 N–H and O–H groups in total. The van der Waals surface area contributed by atoms with Crippen molar-refractivity contribution in [2.45, 2.75) is 18.8 Å². The summed E-state index contributed by atoms with van der Waals surface area (Å²) in [7, 11) is 1.65. The third-order valence-corrected chi connectivity index (χ3v) is 3.06. The zero-order chi connectivity index (χ0) is 13.1. The number of ether oxygens (including phenoxy) is 5. The summed E-state index contributed by atoms with van der Waals surface area (Å²) in [5.41, 5.74) is 1.01. The predicted octanol–water partition coefficient (Wildman–Crippen LogP) is 1.39. The summed E-state index contributed by atoms with van der Waals surface area (Å²) in [6, 6.07) is 5.78. The van der Waals surface area contributed by atoms with Crippen molar-refractivity contribution >= 4 is 0 Å². The Morgan fingerprint density at radius 1 is 1.16 bits per heavy atom. The van der Waals surface area contributed by atoms with Gasteiger partial charge in [-0.15, -0.1) is 0 Å². The minimum absolute atomic E-state index is 0.257. The SMILES string of the molecule is COc1cc(OCC2CO2)ccc1COCC1CO1. The van der Waals surface area contributed by atoms with Crippen molar-refractivity contribution in [1.82, 2.24) is 0 Å². The molecule has 2 unspecified atom stereocenters. The molecule has 3 rings (SSSR count).